The highest BCUT2D eigenvalue weighted by Gasteiger charge is 2.19. The summed E-state index contributed by atoms with van der Waals surface area (Å²) in [5.74, 6) is 0. The molecule has 1 rings (SSSR count). The van der Waals surface area contributed by atoms with Gasteiger partial charge in [0.25, 0.3) is 0 Å². The average Bonchev–Trinajstić information content (AvgIpc) is 1.60. The highest BCUT2D eigenvalue weighted by molar-refractivity contribution is 4.85. The molecule has 1 saturated heterocycles. The van der Waals surface area contributed by atoms with Gasteiger partial charge in [0.15, 0.2) is 0 Å². The van der Waals surface area contributed by atoms with E-state index in [1.165, 1.54) is 0 Å². The predicted octanol–water partition coefficient (Wildman–Crippen LogP) is 0.0760. The van der Waals surface area contributed by atoms with E-state index in [9.17, 15) is 0 Å². The highest BCUT2D eigenvalue weighted by atomic mass is 15.2. The standard InChI is InChI=1S/C7H14N2/c1-3-4-9(2)7-5-8-6-7/h3,7-8H,1,4-6H2,2H3. The van der Waals surface area contributed by atoms with Crippen LogP contribution in [0.4, 0.5) is 0 Å². The fourth-order valence-corrected chi connectivity index (χ4v) is 0.938. The van der Waals surface area contributed by atoms with E-state index in [0.717, 1.165) is 25.7 Å². The third-order valence-electron chi connectivity index (χ3n) is 1.80. The van der Waals surface area contributed by atoms with Crippen molar-refractivity contribution in [3.05, 3.63) is 12.7 Å². The van der Waals surface area contributed by atoms with Crippen molar-refractivity contribution in [2.75, 3.05) is 26.7 Å². The maximum Gasteiger partial charge on any atom is 0.0345 e. The Morgan fingerprint density at radius 3 is 2.78 bits per heavy atom. The number of likely N-dealkylation sites (N-methyl/N-ethyl adjacent to an activating group) is 1. The van der Waals surface area contributed by atoms with Gasteiger partial charge >= 0.3 is 0 Å². The Balaban J connectivity index is 2.15. The minimum atomic E-state index is 0.753. The Labute approximate surface area is 56.5 Å². The largest absolute Gasteiger partial charge is 0.314 e. The Morgan fingerprint density at radius 1 is 1.78 bits per heavy atom. The summed E-state index contributed by atoms with van der Waals surface area (Å²) < 4.78 is 0. The van der Waals surface area contributed by atoms with Crippen LogP contribution >= 0.6 is 0 Å². The van der Waals surface area contributed by atoms with Crippen molar-refractivity contribution in [2.24, 2.45) is 0 Å². The Morgan fingerprint density at radius 2 is 2.44 bits per heavy atom. The average molecular weight is 126 g/mol. The van der Waals surface area contributed by atoms with Crippen LogP contribution < -0.4 is 5.32 Å². The molecule has 0 amide bonds. The van der Waals surface area contributed by atoms with Gasteiger partial charge in [-0.3, -0.25) is 4.90 Å². The lowest BCUT2D eigenvalue weighted by Gasteiger charge is -2.34. The number of rotatable bonds is 3. The maximum absolute atomic E-state index is 3.68. The molecule has 0 bridgehead atoms. The lowest BCUT2D eigenvalue weighted by molar-refractivity contribution is 0.197. The molecule has 52 valence electrons. The van der Waals surface area contributed by atoms with Crippen molar-refractivity contribution in [1.82, 2.24) is 10.2 Å². The number of hydrogen-bond donors (Lipinski definition) is 1. The molecule has 0 saturated carbocycles. The van der Waals surface area contributed by atoms with Crippen LogP contribution in [-0.2, 0) is 0 Å². The molecule has 1 N–H and O–H groups in total. The zero-order chi connectivity index (χ0) is 6.69. The van der Waals surface area contributed by atoms with Crippen LogP contribution in [-0.4, -0.2) is 37.6 Å². The fraction of sp³-hybridized carbons (Fsp3) is 0.714. The van der Waals surface area contributed by atoms with Crippen LogP contribution in [0, 0.1) is 0 Å². The summed E-state index contributed by atoms with van der Waals surface area (Å²) in [6.07, 6.45) is 1.94. The van der Waals surface area contributed by atoms with E-state index < -0.39 is 0 Å². The van der Waals surface area contributed by atoms with Gasteiger partial charge in [-0.25, -0.2) is 0 Å². The molecule has 0 spiro atoms. The molecule has 0 radical (unpaired) electrons. The minimum Gasteiger partial charge on any atom is -0.314 e. The van der Waals surface area contributed by atoms with Crippen LogP contribution in [0.25, 0.3) is 0 Å². The summed E-state index contributed by atoms with van der Waals surface area (Å²) in [7, 11) is 2.13. The first-order valence-corrected chi connectivity index (χ1v) is 3.36. The van der Waals surface area contributed by atoms with Gasteiger partial charge in [-0.15, -0.1) is 6.58 Å². The van der Waals surface area contributed by atoms with Crippen molar-refractivity contribution < 1.29 is 0 Å². The second-order valence-electron chi connectivity index (χ2n) is 2.54. The van der Waals surface area contributed by atoms with E-state index in [-0.39, 0.29) is 0 Å². The summed E-state index contributed by atoms with van der Waals surface area (Å²) in [6, 6.07) is 0.753. The minimum absolute atomic E-state index is 0.753. The molecule has 0 atom stereocenters. The summed E-state index contributed by atoms with van der Waals surface area (Å²) in [5, 5.41) is 3.22. The Kier molecular flexibility index (Phi) is 2.25. The topological polar surface area (TPSA) is 15.3 Å². The van der Waals surface area contributed by atoms with E-state index >= 15 is 0 Å². The van der Waals surface area contributed by atoms with Crippen molar-refractivity contribution >= 4 is 0 Å². The summed E-state index contributed by atoms with van der Waals surface area (Å²) in [4.78, 5) is 2.31. The molecule has 0 aromatic rings. The summed E-state index contributed by atoms with van der Waals surface area (Å²) in [6.45, 7) is 6.97. The monoisotopic (exact) mass is 126 g/mol. The normalized spacial score (nSPS) is 19.8. The molecular formula is C7H14N2. The third-order valence-corrected chi connectivity index (χ3v) is 1.80. The first kappa shape index (κ1) is 6.78. The molecule has 1 aliphatic rings. The zero-order valence-corrected chi connectivity index (χ0v) is 5.93. The molecule has 0 aromatic carbocycles. The molecule has 0 aromatic heterocycles. The SMILES string of the molecule is C=CCN(C)C1CNC1. The quantitative estimate of drug-likeness (QED) is 0.539. The molecule has 1 fully saturated rings. The van der Waals surface area contributed by atoms with Gasteiger partial charge in [0.1, 0.15) is 0 Å². The lowest BCUT2D eigenvalue weighted by Crippen LogP contribution is -2.55. The van der Waals surface area contributed by atoms with Crippen LogP contribution in [0.5, 0.6) is 0 Å². The second kappa shape index (κ2) is 2.99. The van der Waals surface area contributed by atoms with Gasteiger partial charge in [0.05, 0.1) is 0 Å². The molecule has 9 heavy (non-hydrogen) atoms. The molecular weight excluding hydrogens is 112 g/mol. The Hall–Kier alpha value is -0.340. The van der Waals surface area contributed by atoms with Crippen LogP contribution in [0.15, 0.2) is 12.7 Å². The van der Waals surface area contributed by atoms with Crippen LogP contribution in [0.3, 0.4) is 0 Å². The second-order valence-corrected chi connectivity index (χ2v) is 2.54. The molecule has 1 aliphatic heterocycles. The van der Waals surface area contributed by atoms with E-state index in [0.29, 0.717) is 0 Å². The van der Waals surface area contributed by atoms with Gasteiger partial charge in [0, 0.05) is 25.7 Å². The van der Waals surface area contributed by atoms with E-state index in [1.54, 1.807) is 0 Å². The lowest BCUT2D eigenvalue weighted by atomic mass is 10.1. The summed E-state index contributed by atoms with van der Waals surface area (Å²) >= 11 is 0. The van der Waals surface area contributed by atoms with Gasteiger partial charge in [0.2, 0.25) is 0 Å². The number of hydrogen-bond acceptors (Lipinski definition) is 2. The first-order valence-electron chi connectivity index (χ1n) is 3.36. The highest BCUT2D eigenvalue weighted by Crippen LogP contribution is 2.00. The number of nitrogens with one attached hydrogen (secondary N) is 1. The zero-order valence-electron chi connectivity index (χ0n) is 5.93. The molecule has 2 nitrogen and oxygen atoms in total. The van der Waals surface area contributed by atoms with Crippen molar-refractivity contribution in [3.63, 3.8) is 0 Å². The molecule has 1 heterocycles. The third kappa shape index (κ3) is 1.53. The van der Waals surface area contributed by atoms with Crippen LogP contribution in [0.2, 0.25) is 0 Å². The maximum atomic E-state index is 3.68. The van der Waals surface area contributed by atoms with Gasteiger partial charge < -0.3 is 5.32 Å². The fourth-order valence-electron chi connectivity index (χ4n) is 0.938. The molecule has 0 aliphatic carbocycles. The Bertz CT molecular complexity index is 97.1. The van der Waals surface area contributed by atoms with E-state index in [4.69, 9.17) is 0 Å². The van der Waals surface area contributed by atoms with Crippen molar-refractivity contribution in [1.29, 1.82) is 0 Å². The molecule has 2 heteroatoms. The summed E-state index contributed by atoms with van der Waals surface area (Å²) in [5.41, 5.74) is 0. The van der Waals surface area contributed by atoms with Gasteiger partial charge in [-0.2, -0.15) is 0 Å². The van der Waals surface area contributed by atoms with Crippen molar-refractivity contribution in [2.45, 2.75) is 6.04 Å². The van der Waals surface area contributed by atoms with Gasteiger partial charge in [-0.05, 0) is 7.05 Å². The first-order chi connectivity index (χ1) is 4.34. The predicted molar refractivity (Wildman–Crippen MR) is 39.5 cm³/mol. The van der Waals surface area contributed by atoms with Crippen LogP contribution in [0.1, 0.15) is 0 Å². The van der Waals surface area contributed by atoms with Gasteiger partial charge in [-0.1, -0.05) is 6.08 Å². The molecule has 0 unspecified atom stereocenters. The van der Waals surface area contributed by atoms with Crippen molar-refractivity contribution in [3.8, 4) is 0 Å². The number of nitrogens with zero attached hydrogens (tertiary/aromatic N) is 1. The smallest absolute Gasteiger partial charge is 0.0345 e. The van der Waals surface area contributed by atoms with E-state index in [1.807, 2.05) is 6.08 Å². The van der Waals surface area contributed by atoms with E-state index in [2.05, 4.69) is 23.8 Å².